The maximum absolute atomic E-state index is 10.9. The number of nitrogens with two attached hydrogens (primary N) is 2. The standard InChI is InChI=1S/C6H13N3O4S/c1-14(12,13)3-2-4(7)5(10)9-6(8)11/h4H,2-3,7H2,1H3,(H3,8,9,10,11). The zero-order valence-corrected chi connectivity index (χ0v) is 8.50. The largest absolute Gasteiger partial charge is 0.351 e. The van der Waals surface area contributed by atoms with Crippen LogP contribution in [0.25, 0.3) is 0 Å². The predicted molar refractivity (Wildman–Crippen MR) is 50.0 cm³/mol. The normalized spacial score (nSPS) is 13.3. The van der Waals surface area contributed by atoms with E-state index in [2.05, 4.69) is 5.73 Å². The Morgan fingerprint density at radius 2 is 1.93 bits per heavy atom. The van der Waals surface area contributed by atoms with E-state index in [0.29, 0.717) is 0 Å². The molecule has 0 radical (unpaired) electrons. The first-order valence-electron chi connectivity index (χ1n) is 3.76. The summed E-state index contributed by atoms with van der Waals surface area (Å²) in [4.78, 5) is 21.2. The number of sulfone groups is 1. The lowest BCUT2D eigenvalue weighted by Crippen LogP contribution is -2.46. The van der Waals surface area contributed by atoms with Crippen molar-refractivity contribution in [3.05, 3.63) is 0 Å². The fourth-order valence-electron chi connectivity index (χ4n) is 0.686. The van der Waals surface area contributed by atoms with Gasteiger partial charge in [0.25, 0.3) is 0 Å². The maximum atomic E-state index is 10.9. The Bertz CT molecular complexity index is 324. The van der Waals surface area contributed by atoms with Gasteiger partial charge in [0.05, 0.1) is 11.8 Å². The third kappa shape index (κ3) is 6.38. The van der Waals surface area contributed by atoms with E-state index in [1.54, 1.807) is 5.32 Å². The molecule has 0 heterocycles. The average molecular weight is 223 g/mol. The number of rotatable bonds is 4. The third-order valence-electron chi connectivity index (χ3n) is 1.38. The number of carbonyl (C=O) groups is 2. The Labute approximate surface area is 81.7 Å². The van der Waals surface area contributed by atoms with Gasteiger partial charge < -0.3 is 11.5 Å². The quantitative estimate of drug-likeness (QED) is 0.504. The molecule has 0 aromatic rings. The lowest BCUT2D eigenvalue weighted by Gasteiger charge is -2.08. The van der Waals surface area contributed by atoms with Crippen molar-refractivity contribution in [2.24, 2.45) is 11.5 Å². The van der Waals surface area contributed by atoms with Crippen LogP contribution in [0.4, 0.5) is 4.79 Å². The summed E-state index contributed by atoms with van der Waals surface area (Å²) in [5.74, 6) is -0.985. The molecule has 0 spiro atoms. The molecule has 1 unspecified atom stereocenters. The van der Waals surface area contributed by atoms with E-state index in [0.717, 1.165) is 6.26 Å². The Balaban J connectivity index is 4.03. The summed E-state index contributed by atoms with van der Waals surface area (Å²) in [5, 5.41) is 1.76. The number of primary amides is 1. The summed E-state index contributed by atoms with van der Waals surface area (Å²) in [6, 6.07) is -2.05. The highest BCUT2D eigenvalue weighted by molar-refractivity contribution is 7.90. The molecule has 0 aliphatic rings. The van der Waals surface area contributed by atoms with E-state index in [1.807, 2.05) is 0 Å². The second-order valence-electron chi connectivity index (χ2n) is 2.88. The highest BCUT2D eigenvalue weighted by Crippen LogP contribution is 1.93. The van der Waals surface area contributed by atoms with Crippen molar-refractivity contribution in [3.63, 3.8) is 0 Å². The number of amides is 3. The SMILES string of the molecule is CS(=O)(=O)CCC(N)C(=O)NC(N)=O. The third-order valence-corrected chi connectivity index (χ3v) is 2.36. The fraction of sp³-hybridized carbons (Fsp3) is 0.667. The topological polar surface area (TPSA) is 132 Å². The summed E-state index contributed by atoms with van der Waals surface area (Å²) in [7, 11) is -3.16. The van der Waals surface area contributed by atoms with E-state index in [-0.39, 0.29) is 12.2 Å². The second-order valence-corrected chi connectivity index (χ2v) is 5.14. The van der Waals surface area contributed by atoms with Crippen molar-refractivity contribution in [2.75, 3.05) is 12.0 Å². The Morgan fingerprint density at radius 3 is 2.29 bits per heavy atom. The molecule has 8 heteroatoms. The molecular weight excluding hydrogens is 210 g/mol. The molecule has 0 rings (SSSR count). The van der Waals surface area contributed by atoms with Crippen LogP contribution < -0.4 is 16.8 Å². The van der Waals surface area contributed by atoms with Gasteiger partial charge in [-0.1, -0.05) is 0 Å². The van der Waals surface area contributed by atoms with Crippen LogP contribution >= 0.6 is 0 Å². The van der Waals surface area contributed by atoms with Gasteiger partial charge in [0.1, 0.15) is 9.84 Å². The molecule has 5 N–H and O–H groups in total. The van der Waals surface area contributed by atoms with E-state index in [9.17, 15) is 18.0 Å². The Hall–Kier alpha value is -1.15. The van der Waals surface area contributed by atoms with Gasteiger partial charge >= 0.3 is 6.03 Å². The van der Waals surface area contributed by atoms with Crippen molar-refractivity contribution in [1.29, 1.82) is 0 Å². The summed E-state index contributed by atoms with van der Waals surface area (Å²) in [6.07, 6.45) is 0.990. The number of hydrogen-bond acceptors (Lipinski definition) is 5. The molecule has 0 aliphatic carbocycles. The smallest absolute Gasteiger partial charge is 0.318 e. The first kappa shape index (κ1) is 12.8. The molecule has 0 aromatic heterocycles. The van der Waals surface area contributed by atoms with Crippen LogP contribution in [-0.2, 0) is 14.6 Å². The van der Waals surface area contributed by atoms with Crippen molar-refractivity contribution >= 4 is 21.8 Å². The number of carbonyl (C=O) groups excluding carboxylic acids is 2. The molecule has 1 atom stereocenters. The number of hydrogen-bond donors (Lipinski definition) is 3. The fourth-order valence-corrected chi connectivity index (χ4v) is 1.37. The van der Waals surface area contributed by atoms with Crippen LogP contribution in [-0.4, -0.2) is 38.4 Å². The van der Waals surface area contributed by atoms with Crippen LogP contribution in [0.3, 0.4) is 0 Å². The summed E-state index contributed by atoms with van der Waals surface area (Å²) >= 11 is 0. The number of urea groups is 1. The number of nitrogens with one attached hydrogen (secondary N) is 1. The van der Waals surface area contributed by atoms with Crippen molar-refractivity contribution in [3.8, 4) is 0 Å². The predicted octanol–water partition coefficient (Wildman–Crippen LogP) is -2.06. The van der Waals surface area contributed by atoms with Crippen LogP contribution in [0.5, 0.6) is 0 Å². The van der Waals surface area contributed by atoms with Crippen LogP contribution in [0.2, 0.25) is 0 Å². The van der Waals surface area contributed by atoms with Crippen LogP contribution in [0.15, 0.2) is 0 Å². The minimum absolute atomic E-state index is 0.0437. The average Bonchev–Trinajstić information content (AvgIpc) is 1.97. The zero-order valence-electron chi connectivity index (χ0n) is 7.69. The molecule has 0 saturated heterocycles. The van der Waals surface area contributed by atoms with E-state index in [4.69, 9.17) is 5.73 Å². The molecule has 82 valence electrons. The van der Waals surface area contributed by atoms with Crippen molar-refractivity contribution in [1.82, 2.24) is 5.32 Å². The molecule has 0 aromatic carbocycles. The van der Waals surface area contributed by atoms with Gasteiger partial charge in [-0.15, -0.1) is 0 Å². The molecule has 0 aliphatic heterocycles. The molecule has 7 nitrogen and oxygen atoms in total. The summed E-state index contributed by atoms with van der Waals surface area (Å²) in [5.41, 5.74) is 9.96. The Kier molecular flexibility index (Phi) is 4.51. The summed E-state index contributed by atoms with van der Waals surface area (Å²) in [6.45, 7) is 0. The van der Waals surface area contributed by atoms with Gasteiger partial charge in [0, 0.05) is 6.26 Å². The minimum Gasteiger partial charge on any atom is -0.351 e. The molecular formula is C6H13N3O4S. The van der Waals surface area contributed by atoms with Gasteiger partial charge in [-0.05, 0) is 6.42 Å². The van der Waals surface area contributed by atoms with E-state index >= 15 is 0 Å². The monoisotopic (exact) mass is 223 g/mol. The highest BCUT2D eigenvalue weighted by Gasteiger charge is 2.16. The van der Waals surface area contributed by atoms with Gasteiger partial charge in [-0.25, -0.2) is 13.2 Å². The first-order valence-corrected chi connectivity index (χ1v) is 5.82. The minimum atomic E-state index is -3.16. The summed E-state index contributed by atoms with van der Waals surface area (Å²) < 4.78 is 21.4. The molecule has 0 fully saturated rings. The molecule has 0 bridgehead atoms. The van der Waals surface area contributed by atoms with Gasteiger partial charge in [-0.3, -0.25) is 10.1 Å². The lowest BCUT2D eigenvalue weighted by molar-refractivity contribution is -0.121. The maximum Gasteiger partial charge on any atom is 0.318 e. The molecule has 14 heavy (non-hydrogen) atoms. The lowest BCUT2D eigenvalue weighted by atomic mass is 10.2. The van der Waals surface area contributed by atoms with Crippen LogP contribution in [0.1, 0.15) is 6.42 Å². The number of imide groups is 1. The second kappa shape index (κ2) is 4.91. The van der Waals surface area contributed by atoms with Gasteiger partial charge in [-0.2, -0.15) is 0 Å². The zero-order chi connectivity index (χ0) is 11.4. The Morgan fingerprint density at radius 1 is 1.43 bits per heavy atom. The van der Waals surface area contributed by atoms with E-state index < -0.39 is 27.8 Å². The van der Waals surface area contributed by atoms with Gasteiger partial charge in [0.2, 0.25) is 5.91 Å². The van der Waals surface area contributed by atoms with Gasteiger partial charge in [0.15, 0.2) is 0 Å². The van der Waals surface area contributed by atoms with Crippen molar-refractivity contribution in [2.45, 2.75) is 12.5 Å². The first-order chi connectivity index (χ1) is 6.22. The highest BCUT2D eigenvalue weighted by atomic mass is 32.2. The molecule has 3 amide bonds. The van der Waals surface area contributed by atoms with Crippen LogP contribution in [0, 0.1) is 0 Å². The van der Waals surface area contributed by atoms with E-state index in [1.165, 1.54) is 0 Å². The van der Waals surface area contributed by atoms with Crippen molar-refractivity contribution < 1.29 is 18.0 Å². The molecule has 0 saturated carbocycles.